The normalized spacial score (nSPS) is 10.1. The lowest BCUT2D eigenvalue weighted by atomic mass is 10.1. The maximum absolute atomic E-state index is 13.4. The first-order valence-corrected chi connectivity index (χ1v) is 6.60. The number of hydrogen-bond acceptors (Lipinski definition) is 4. The number of aliphatic hydroxyl groups excluding tert-OH is 1. The van der Waals surface area contributed by atoms with E-state index in [0.717, 1.165) is 11.3 Å². The fraction of sp³-hybridized carbons (Fsp3) is 0.214. The zero-order valence-corrected chi connectivity index (χ0v) is 11.1. The summed E-state index contributed by atoms with van der Waals surface area (Å²) in [6, 6.07) is 4.58. The monoisotopic (exact) mass is 277 g/mol. The van der Waals surface area contributed by atoms with E-state index >= 15 is 0 Å². The SMILES string of the molecule is Cc1coc(SCc2cc(F)cc(C#CCO)c2)n1. The second-order valence-corrected chi connectivity index (χ2v) is 4.78. The molecule has 19 heavy (non-hydrogen) atoms. The summed E-state index contributed by atoms with van der Waals surface area (Å²) < 4.78 is 18.6. The summed E-state index contributed by atoms with van der Waals surface area (Å²) in [6.07, 6.45) is 1.58. The van der Waals surface area contributed by atoms with Crippen LogP contribution in [0, 0.1) is 24.6 Å². The van der Waals surface area contributed by atoms with Crippen molar-refractivity contribution in [2.45, 2.75) is 17.9 Å². The van der Waals surface area contributed by atoms with Gasteiger partial charge >= 0.3 is 0 Å². The molecule has 3 nitrogen and oxygen atoms in total. The molecular weight excluding hydrogens is 265 g/mol. The van der Waals surface area contributed by atoms with E-state index in [9.17, 15) is 4.39 Å². The predicted molar refractivity (Wildman–Crippen MR) is 71.2 cm³/mol. The number of benzene rings is 1. The third-order valence-electron chi connectivity index (χ3n) is 2.23. The van der Waals surface area contributed by atoms with Crippen LogP contribution in [0.3, 0.4) is 0 Å². The highest BCUT2D eigenvalue weighted by Gasteiger charge is 2.04. The number of hydrogen-bond donors (Lipinski definition) is 1. The summed E-state index contributed by atoms with van der Waals surface area (Å²) in [7, 11) is 0. The van der Waals surface area contributed by atoms with Crippen LogP contribution in [0.2, 0.25) is 0 Å². The zero-order valence-electron chi connectivity index (χ0n) is 10.3. The van der Waals surface area contributed by atoms with Gasteiger partial charge in [-0.05, 0) is 30.7 Å². The van der Waals surface area contributed by atoms with E-state index < -0.39 is 0 Å². The molecule has 2 rings (SSSR count). The lowest BCUT2D eigenvalue weighted by Crippen LogP contribution is -1.87. The number of halogens is 1. The van der Waals surface area contributed by atoms with Gasteiger partial charge in [-0.2, -0.15) is 0 Å². The molecule has 0 aliphatic heterocycles. The Morgan fingerprint density at radius 2 is 2.26 bits per heavy atom. The first-order chi connectivity index (χ1) is 9.17. The standard InChI is InChI=1S/C14H12FNO2S/c1-10-8-18-14(16-10)19-9-12-5-11(3-2-4-17)6-13(15)7-12/h5-8,17H,4,9H2,1H3. The second kappa shape index (κ2) is 6.41. The average molecular weight is 277 g/mol. The van der Waals surface area contributed by atoms with Crippen molar-refractivity contribution in [2.75, 3.05) is 6.61 Å². The molecule has 0 unspecified atom stereocenters. The summed E-state index contributed by atoms with van der Waals surface area (Å²) in [5.41, 5.74) is 2.16. The summed E-state index contributed by atoms with van der Waals surface area (Å²) in [6.45, 7) is 1.61. The van der Waals surface area contributed by atoms with E-state index in [4.69, 9.17) is 9.52 Å². The molecule has 2 aromatic rings. The molecule has 0 saturated heterocycles. The fourth-order valence-electron chi connectivity index (χ4n) is 1.49. The molecule has 0 radical (unpaired) electrons. The van der Waals surface area contributed by atoms with Gasteiger partial charge < -0.3 is 9.52 Å². The van der Waals surface area contributed by atoms with Gasteiger partial charge in [-0.25, -0.2) is 9.37 Å². The van der Waals surface area contributed by atoms with E-state index in [1.165, 1.54) is 23.9 Å². The maximum atomic E-state index is 13.4. The van der Waals surface area contributed by atoms with Crippen LogP contribution in [0.4, 0.5) is 4.39 Å². The smallest absolute Gasteiger partial charge is 0.256 e. The van der Waals surface area contributed by atoms with Crippen LogP contribution in [0.1, 0.15) is 16.8 Å². The molecule has 0 atom stereocenters. The molecule has 98 valence electrons. The Bertz CT molecular complexity index is 628. The fourth-order valence-corrected chi connectivity index (χ4v) is 2.27. The van der Waals surface area contributed by atoms with Gasteiger partial charge in [-0.1, -0.05) is 23.6 Å². The molecule has 0 bridgehead atoms. The topological polar surface area (TPSA) is 46.3 Å². The Kier molecular flexibility index (Phi) is 4.61. The van der Waals surface area contributed by atoms with Gasteiger partial charge in [0.25, 0.3) is 5.22 Å². The van der Waals surface area contributed by atoms with Crippen molar-refractivity contribution in [2.24, 2.45) is 0 Å². The molecule has 1 N–H and O–H groups in total. The highest BCUT2D eigenvalue weighted by Crippen LogP contribution is 2.22. The van der Waals surface area contributed by atoms with E-state index in [1.54, 1.807) is 12.3 Å². The van der Waals surface area contributed by atoms with E-state index in [2.05, 4.69) is 16.8 Å². The molecule has 0 aliphatic rings. The van der Waals surface area contributed by atoms with E-state index in [1.807, 2.05) is 6.92 Å². The quantitative estimate of drug-likeness (QED) is 0.692. The molecule has 5 heteroatoms. The van der Waals surface area contributed by atoms with Gasteiger partial charge in [0, 0.05) is 11.3 Å². The van der Waals surface area contributed by atoms with E-state index in [0.29, 0.717) is 16.5 Å². The van der Waals surface area contributed by atoms with Crippen molar-refractivity contribution < 1.29 is 13.9 Å². The minimum absolute atomic E-state index is 0.240. The van der Waals surface area contributed by atoms with Crippen LogP contribution in [-0.4, -0.2) is 16.7 Å². The minimum Gasteiger partial charge on any atom is -0.440 e. The molecule has 1 heterocycles. The summed E-state index contributed by atoms with van der Waals surface area (Å²) in [5, 5.41) is 9.19. The summed E-state index contributed by atoms with van der Waals surface area (Å²) >= 11 is 1.39. The van der Waals surface area contributed by atoms with E-state index in [-0.39, 0.29) is 12.4 Å². The van der Waals surface area contributed by atoms with Crippen LogP contribution in [0.15, 0.2) is 34.1 Å². The number of aryl methyl sites for hydroxylation is 1. The average Bonchev–Trinajstić information content (AvgIpc) is 2.79. The number of rotatable bonds is 3. The maximum Gasteiger partial charge on any atom is 0.256 e. The molecule has 0 amide bonds. The second-order valence-electron chi connectivity index (χ2n) is 3.85. The largest absolute Gasteiger partial charge is 0.440 e. The summed E-state index contributed by atoms with van der Waals surface area (Å²) in [5.74, 6) is 5.39. The van der Waals surface area contributed by atoms with Gasteiger partial charge in [-0.15, -0.1) is 0 Å². The number of thioether (sulfide) groups is 1. The highest BCUT2D eigenvalue weighted by molar-refractivity contribution is 7.98. The predicted octanol–water partition coefficient (Wildman–Crippen LogP) is 2.76. The molecule has 1 aromatic carbocycles. The molecule has 0 saturated carbocycles. The number of oxazole rings is 1. The van der Waals surface area contributed by atoms with Crippen LogP contribution < -0.4 is 0 Å². The molecule has 1 aromatic heterocycles. The third-order valence-corrected chi connectivity index (χ3v) is 3.14. The van der Waals surface area contributed by atoms with Crippen molar-refractivity contribution in [1.82, 2.24) is 4.98 Å². The molecular formula is C14H12FNO2S. The lowest BCUT2D eigenvalue weighted by Gasteiger charge is -2.01. The van der Waals surface area contributed by atoms with Crippen molar-refractivity contribution in [1.29, 1.82) is 0 Å². The van der Waals surface area contributed by atoms with Crippen molar-refractivity contribution >= 4 is 11.8 Å². The first kappa shape index (κ1) is 13.7. The van der Waals surface area contributed by atoms with Gasteiger partial charge in [0.15, 0.2) is 0 Å². The van der Waals surface area contributed by atoms with Crippen molar-refractivity contribution in [3.05, 3.63) is 47.1 Å². The van der Waals surface area contributed by atoms with Crippen LogP contribution in [-0.2, 0) is 5.75 Å². The Morgan fingerprint density at radius 1 is 1.42 bits per heavy atom. The summed E-state index contributed by atoms with van der Waals surface area (Å²) in [4.78, 5) is 4.16. The number of aromatic nitrogens is 1. The molecule has 0 spiro atoms. The highest BCUT2D eigenvalue weighted by atomic mass is 32.2. The van der Waals surface area contributed by atoms with Gasteiger partial charge in [0.05, 0.1) is 5.69 Å². The van der Waals surface area contributed by atoms with Crippen molar-refractivity contribution in [3.63, 3.8) is 0 Å². The molecule has 0 fully saturated rings. The number of aliphatic hydroxyl groups is 1. The Labute approximate surface area is 114 Å². The Morgan fingerprint density at radius 3 is 2.95 bits per heavy atom. The third kappa shape index (κ3) is 4.12. The van der Waals surface area contributed by atoms with Crippen molar-refractivity contribution in [3.8, 4) is 11.8 Å². The Hall–Kier alpha value is -1.77. The number of nitrogens with zero attached hydrogens (tertiary/aromatic N) is 1. The first-order valence-electron chi connectivity index (χ1n) is 5.61. The minimum atomic E-state index is -0.344. The van der Waals surface area contributed by atoms with Crippen LogP contribution in [0.5, 0.6) is 0 Å². The Balaban J connectivity index is 2.09. The van der Waals surface area contributed by atoms with Gasteiger partial charge in [-0.3, -0.25) is 0 Å². The molecule has 0 aliphatic carbocycles. The van der Waals surface area contributed by atoms with Gasteiger partial charge in [0.2, 0.25) is 0 Å². The lowest BCUT2D eigenvalue weighted by molar-refractivity contribution is 0.350. The van der Waals surface area contributed by atoms with Crippen LogP contribution >= 0.6 is 11.8 Å². The van der Waals surface area contributed by atoms with Gasteiger partial charge in [0.1, 0.15) is 18.7 Å². The van der Waals surface area contributed by atoms with Crippen LogP contribution in [0.25, 0.3) is 0 Å². The zero-order chi connectivity index (χ0) is 13.7.